The highest BCUT2D eigenvalue weighted by atomic mass is 16.6. The number of nitrogens with zero attached hydrogens (tertiary/aromatic N) is 4. The summed E-state index contributed by atoms with van der Waals surface area (Å²) in [5, 5.41) is 11.7. The van der Waals surface area contributed by atoms with Gasteiger partial charge in [-0.05, 0) is 39.2 Å². The van der Waals surface area contributed by atoms with Gasteiger partial charge in [0.2, 0.25) is 0 Å². The molecule has 30 heavy (non-hydrogen) atoms. The van der Waals surface area contributed by atoms with E-state index in [1.807, 2.05) is 49.3 Å². The van der Waals surface area contributed by atoms with Crippen LogP contribution in [0.4, 0.5) is 17.1 Å². The molecule has 0 amide bonds. The van der Waals surface area contributed by atoms with Gasteiger partial charge in [0.05, 0.1) is 16.8 Å². The molecule has 0 bridgehead atoms. The highest BCUT2D eigenvalue weighted by molar-refractivity contribution is 6.12. The number of carbonyl (C=O) groups excluding carboxylic acids is 1. The standard InChI is InChI=1S/C23H24N4O3/c1-25(2)15-8-16-26(22-17-24-14-13-21(22)27(29)30)20-12-7-6-11-19(20)23(28)18-9-4-3-5-10-18/h3-7,9-14,17H,8,15-16H2,1-2H3. The molecule has 0 saturated carbocycles. The van der Waals surface area contributed by atoms with Crippen LogP contribution in [0.5, 0.6) is 0 Å². The summed E-state index contributed by atoms with van der Waals surface area (Å²) in [6, 6.07) is 17.6. The lowest BCUT2D eigenvalue weighted by Gasteiger charge is -2.27. The third-order valence-corrected chi connectivity index (χ3v) is 4.73. The van der Waals surface area contributed by atoms with E-state index in [1.54, 1.807) is 24.3 Å². The first-order chi connectivity index (χ1) is 14.5. The second-order valence-electron chi connectivity index (χ2n) is 7.14. The number of carbonyl (C=O) groups is 1. The van der Waals surface area contributed by atoms with E-state index in [9.17, 15) is 14.9 Å². The van der Waals surface area contributed by atoms with Crippen molar-refractivity contribution in [2.75, 3.05) is 32.1 Å². The Morgan fingerprint density at radius 3 is 2.37 bits per heavy atom. The van der Waals surface area contributed by atoms with Gasteiger partial charge in [-0.1, -0.05) is 42.5 Å². The van der Waals surface area contributed by atoms with Crippen LogP contribution in [0.15, 0.2) is 73.1 Å². The number of pyridine rings is 1. The number of nitro groups is 1. The Balaban J connectivity index is 2.09. The number of ketones is 1. The Morgan fingerprint density at radius 2 is 1.67 bits per heavy atom. The van der Waals surface area contributed by atoms with Gasteiger partial charge in [0, 0.05) is 29.9 Å². The van der Waals surface area contributed by atoms with Crippen molar-refractivity contribution in [1.82, 2.24) is 9.88 Å². The second kappa shape index (κ2) is 9.76. The van der Waals surface area contributed by atoms with Crippen molar-refractivity contribution in [3.63, 3.8) is 0 Å². The Hall–Kier alpha value is -3.58. The fourth-order valence-electron chi connectivity index (χ4n) is 3.30. The SMILES string of the molecule is CN(C)CCCN(c1ccccc1C(=O)c1ccccc1)c1cnccc1[N+](=O)[O-]. The average molecular weight is 404 g/mol. The normalized spacial score (nSPS) is 10.8. The lowest BCUT2D eigenvalue weighted by atomic mass is 10.0. The summed E-state index contributed by atoms with van der Waals surface area (Å²) >= 11 is 0. The van der Waals surface area contributed by atoms with Gasteiger partial charge in [-0.2, -0.15) is 0 Å². The monoisotopic (exact) mass is 404 g/mol. The van der Waals surface area contributed by atoms with Crippen LogP contribution >= 0.6 is 0 Å². The molecule has 1 heterocycles. The summed E-state index contributed by atoms with van der Waals surface area (Å²) in [5.74, 6) is -0.129. The molecule has 0 spiro atoms. The molecule has 0 saturated heterocycles. The van der Waals surface area contributed by atoms with Gasteiger partial charge in [0.15, 0.2) is 5.78 Å². The average Bonchev–Trinajstić information content (AvgIpc) is 2.77. The van der Waals surface area contributed by atoms with E-state index in [0.717, 1.165) is 13.0 Å². The van der Waals surface area contributed by atoms with Gasteiger partial charge in [-0.15, -0.1) is 0 Å². The van der Waals surface area contributed by atoms with Crippen LogP contribution in [0, 0.1) is 10.1 Å². The fraction of sp³-hybridized carbons (Fsp3) is 0.217. The van der Waals surface area contributed by atoms with Crippen LogP contribution < -0.4 is 4.90 Å². The predicted octanol–water partition coefficient (Wildman–Crippen LogP) is 4.31. The minimum atomic E-state index is -0.419. The minimum Gasteiger partial charge on any atom is -0.334 e. The number of aromatic nitrogens is 1. The van der Waals surface area contributed by atoms with Crippen molar-refractivity contribution in [3.8, 4) is 0 Å². The first-order valence-electron chi connectivity index (χ1n) is 9.68. The molecule has 0 radical (unpaired) electrons. The molecule has 3 aromatic rings. The van der Waals surface area contributed by atoms with Crippen LogP contribution in [-0.2, 0) is 0 Å². The van der Waals surface area contributed by atoms with E-state index < -0.39 is 4.92 Å². The van der Waals surface area contributed by atoms with Crippen LogP contribution in [0.25, 0.3) is 0 Å². The van der Waals surface area contributed by atoms with E-state index in [-0.39, 0.29) is 11.5 Å². The van der Waals surface area contributed by atoms with Crippen molar-refractivity contribution in [2.24, 2.45) is 0 Å². The van der Waals surface area contributed by atoms with Crippen LogP contribution in [-0.4, -0.2) is 47.8 Å². The van der Waals surface area contributed by atoms with Gasteiger partial charge in [0.1, 0.15) is 5.69 Å². The van der Waals surface area contributed by atoms with Crippen molar-refractivity contribution in [3.05, 3.63) is 94.3 Å². The number of hydrogen-bond acceptors (Lipinski definition) is 6. The summed E-state index contributed by atoms with van der Waals surface area (Å²) in [7, 11) is 3.95. The lowest BCUT2D eigenvalue weighted by molar-refractivity contribution is -0.384. The number of benzene rings is 2. The molecule has 0 aliphatic heterocycles. The number of hydrogen-bond donors (Lipinski definition) is 0. The number of para-hydroxylation sites is 1. The van der Waals surface area contributed by atoms with Gasteiger partial charge >= 0.3 is 0 Å². The Labute approximate surface area is 175 Å². The van der Waals surface area contributed by atoms with Crippen molar-refractivity contribution in [1.29, 1.82) is 0 Å². The molecule has 7 nitrogen and oxygen atoms in total. The molecule has 0 atom stereocenters. The fourth-order valence-corrected chi connectivity index (χ4v) is 3.30. The molecule has 154 valence electrons. The second-order valence-corrected chi connectivity index (χ2v) is 7.14. The molecular formula is C23H24N4O3. The highest BCUT2D eigenvalue weighted by Crippen LogP contribution is 2.35. The van der Waals surface area contributed by atoms with Crippen molar-refractivity contribution < 1.29 is 9.72 Å². The van der Waals surface area contributed by atoms with E-state index in [2.05, 4.69) is 9.88 Å². The molecule has 0 aliphatic carbocycles. The first-order valence-corrected chi connectivity index (χ1v) is 9.68. The van der Waals surface area contributed by atoms with Gasteiger partial charge < -0.3 is 9.80 Å². The molecule has 0 aliphatic rings. The van der Waals surface area contributed by atoms with E-state index in [0.29, 0.717) is 29.0 Å². The van der Waals surface area contributed by atoms with Crippen LogP contribution in [0.2, 0.25) is 0 Å². The predicted molar refractivity (Wildman–Crippen MR) is 117 cm³/mol. The van der Waals surface area contributed by atoms with Crippen LogP contribution in [0.1, 0.15) is 22.3 Å². The zero-order valence-electron chi connectivity index (χ0n) is 17.1. The molecule has 0 fully saturated rings. The van der Waals surface area contributed by atoms with Crippen molar-refractivity contribution in [2.45, 2.75) is 6.42 Å². The minimum absolute atomic E-state index is 0.0446. The molecule has 0 N–H and O–H groups in total. The van der Waals surface area contributed by atoms with Gasteiger partial charge in [0.25, 0.3) is 5.69 Å². The number of anilines is 2. The topological polar surface area (TPSA) is 79.6 Å². The van der Waals surface area contributed by atoms with E-state index in [4.69, 9.17) is 0 Å². The maximum atomic E-state index is 13.2. The van der Waals surface area contributed by atoms with E-state index >= 15 is 0 Å². The maximum Gasteiger partial charge on any atom is 0.296 e. The van der Waals surface area contributed by atoms with Crippen molar-refractivity contribution >= 4 is 22.8 Å². The molecule has 2 aromatic carbocycles. The third kappa shape index (κ3) is 4.87. The Bertz CT molecular complexity index is 1020. The highest BCUT2D eigenvalue weighted by Gasteiger charge is 2.24. The molecule has 7 heteroatoms. The summed E-state index contributed by atoms with van der Waals surface area (Å²) in [4.78, 5) is 32.4. The summed E-state index contributed by atoms with van der Waals surface area (Å²) in [5.41, 5.74) is 2.01. The Morgan fingerprint density at radius 1 is 0.967 bits per heavy atom. The lowest BCUT2D eigenvalue weighted by Crippen LogP contribution is -2.25. The first kappa shape index (κ1) is 21.1. The Kier molecular flexibility index (Phi) is 6.87. The molecule has 1 aromatic heterocycles. The summed E-state index contributed by atoms with van der Waals surface area (Å²) < 4.78 is 0. The summed E-state index contributed by atoms with van der Waals surface area (Å²) in [6.07, 6.45) is 3.64. The van der Waals surface area contributed by atoms with E-state index in [1.165, 1.54) is 18.5 Å². The largest absolute Gasteiger partial charge is 0.334 e. The maximum absolute atomic E-state index is 13.2. The van der Waals surface area contributed by atoms with Crippen LogP contribution in [0.3, 0.4) is 0 Å². The quantitative estimate of drug-likeness (QED) is 0.300. The zero-order chi connectivity index (χ0) is 21.5. The molecule has 0 unspecified atom stereocenters. The molecular weight excluding hydrogens is 380 g/mol. The van der Waals surface area contributed by atoms with Gasteiger partial charge in [-0.25, -0.2) is 0 Å². The zero-order valence-corrected chi connectivity index (χ0v) is 17.1. The number of rotatable bonds is 9. The smallest absolute Gasteiger partial charge is 0.296 e. The summed E-state index contributed by atoms with van der Waals surface area (Å²) in [6.45, 7) is 1.31. The van der Waals surface area contributed by atoms with Gasteiger partial charge in [-0.3, -0.25) is 19.9 Å². The molecule has 3 rings (SSSR count). The third-order valence-electron chi connectivity index (χ3n) is 4.73.